The number of rotatable bonds is 4. The number of pyridine rings is 1. The van der Waals surface area contributed by atoms with Gasteiger partial charge >= 0.3 is 0 Å². The summed E-state index contributed by atoms with van der Waals surface area (Å²) in [5.74, 6) is 0.755. The summed E-state index contributed by atoms with van der Waals surface area (Å²) in [6, 6.07) is 14.7. The molecule has 1 aliphatic carbocycles. The number of aromatic nitrogens is 2. The summed E-state index contributed by atoms with van der Waals surface area (Å²) >= 11 is 1.65. The lowest BCUT2D eigenvalue weighted by Crippen LogP contribution is -1.91. The van der Waals surface area contributed by atoms with Crippen LogP contribution in [0, 0.1) is 0 Å². The van der Waals surface area contributed by atoms with Crippen molar-refractivity contribution in [3.05, 3.63) is 72.1 Å². The molecule has 0 unspecified atom stereocenters. The van der Waals surface area contributed by atoms with Gasteiger partial charge in [0.2, 0.25) is 0 Å². The number of ether oxygens (including phenoxy) is 1. The van der Waals surface area contributed by atoms with Crippen molar-refractivity contribution in [1.29, 1.82) is 0 Å². The van der Waals surface area contributed by atoms with Crippen LogP contribution in [0.4, 0.5) is 10.8 Å². The van der Waals surface area contributed by atoms with Crippen LogP contribution in [-0.4, -0.2) is 17.1 Å². The van der Waals surface area contributed by atoms with Gasteiger partial charge in [0.1, 0.15) is 5.75 Å². The number of allylic oxidation sites excluding steroid dienone is 1. The fourth-order valence-electron chi connectivity index (χ4n) is 3.31. The van der Waals surface area contributed by atoms with Crippen molar-refractivity contribution in [3.63, 3.8) is 0 Å². The molecule has 0 radical (unpaired) electrons. The van der Waals surface area contributed by atoms with Crippen molar-refractivity contribution >= 4 is 38.4 Å². The molecule has 4 aromatic rings. The molecule has 5 heteroatoms. The summed E-state index contributed by atoms with van der Waals surface area (Å²) in [4.78, 5) is 8.97. The number of nitrogens with zero attached hydrogens (tertiary/aromatic N) is 2. The van der Waals surface area contributed by atoms with E-state index >= 15 is 0 Å². The van der Waals surface area contributed by atoms with Crippen molar-refractivity contribution in [2.24, 2.45) is 0 Å². The Labute approximate surface area is 161 Å². The second-order valence-corrected chi connectivity index (χ2v) is 7.49. The van der Waals surface area contributed by atoms with Crippen LogP contribution in [0.2, 0.25) is 0 Å². The molecule has 0 bridgehead atoms. The van der Waals surface area contributed by atoms with Gasteiger partial charge < -0.3 is 10.1 Å². The van der Waals surface area contributed by atoms with E-state index in [4.69, 9.17) is 9.72 Å². The molecule has 4 nitrogen and oxygen atoms in total. The Bertz CT molecular complexity index is 1180. The van der Waals surface area contributed by atoms with E-state index in [2.05, 4.69) is 58.9 Å². The van der Waals surface area contributed by atoms with Crippen molar-refractivity contribution in [3.8, 4) is 16.9 Å². The maximum Gasteiger partial charge on any atom is 0.188 e. The molecule has 1 N–H and O–H groups in total. The van der Waals surface area contributed by atoms with Gasteiger partial charge in [-0.2, -0.15) is 0 Å². The van der Waals surface area contributed by atoms with Crippen LogP contribution in [0.25, 0.3) is 27.4 Å². The Morgan fingerprint density at radius 3 is 2.93 bits per heavy atom. The van der Waals surface area contributed by atoms with E-state index in [0.29, 0.717) is 0 Å². The summed E-state index contributed by atoms with van der Waals surface area (Å²) in [5, 5.41) is 4.35. The van der Waals surface area contributed by atoms with Gasteiger partial charge in [-0.1, -0.05) is 35.6 Å². The number of thiazole rings is 1. The van der Waals surface area contributed by atoms with Crippen LogP contribution < -0.4 is 10.1 Å². The van der Waals surface area contributed by atoms with E-state index in [9.17, 15) is 0 Å². The van der Waals surface area contributed by atoms with Gasteiger partial charge in [-0.3, -0.25) is 4.98 Å². The lowest BCUT2D eigenvalue weighted by atomic mass is 10.1. The van der Waals surface area contributed by atoms with Gasteiger partial charge in [-0.15, -0.1) is 0 Å². The van der Waals surface area contributed by atoms with E-state index in [1.54, 1.807) is 24.6 Å². The maximum absolute atomic E-state index is 5.28. The lowest BCUT2D eigenvalue weighted by molar-refractivity contribution is 0.413. The molecule has 5 rings (SSSR count). The van der Waals surface area contributed by atoms with E-state index in [0.717, 1.165) is 44.3 Å². The first-order valence-corrected chi connectivity index (χ1v) is 9.57. The van der Waals surface area contributed by atoms with Crippen molar-refractivity contribution < 1.29 is 4.74 Å². The molecule has 2 heterocycles. The Hall–Kier alpha value is -3.18. The van der Waals surface area contributed by atoms with E-state index in [-0.39, 0.29) is 0 Å². The smallest absolute Gasteiger partial charge is 0.188 e. The van der Waals surface area contributed by atoms with E-state index in [1.807, 2.05) is 12.3 Å². The highest BCUT2D eigenvalue weighted by molar-refractivity contribution is 7.22. The van der Waals surface area contributed by atoms with Gasteiger partial charge in [-0.25, -0.2) is 4.98 Å². The average molecular weight is 371 g/mol. The number of hydrogen-bond acceptors (Lipinski definition) is 5. The fourth-order valence-corrected chi connectivity index (χ4v) is 4.23. The Kier molecular flexibility index (Phi) is 3.87. The highest BCUT2D eigenvalue weighted by Gasteiger charge is 2.09. The third-order valence-electron chi connectivity index (χ3n) is 4.70. The number of benzene rings is 2. The molecular weight excluding hydrogens is 354 g/mol. The summed E-state index contributed by atoms with van der Waals surface area (Å²) < 4.78 is 6.42. The summed E-state index contributed by atoms with van der Waals surface area (Å²) in [6.45, 7) is 0. The molecule has 2 aromatic carbocycles. The Balaban J connectivity index is 1.45. The number of anilines is 2. The SMILES string of the molecule is COc1cncc(-c2ccc3nc(Nc4ccc5c(c4)CC=C5)sc3c2)c1. The molecule has 0 saturated carbocycles. The predicted molar refractivity (Wildman–Crippen MR) is 112 cm³/mol. The largest absolute Gasteiger partial charge is 0.495 e. The topological polar surface area (TPSA) is 47.0 Å². The molecule has 0 atom stereocenters. The highest BCUT2D eigenvalue weighted by Crippen LogP contribution is 2.33. The second-order valence-electron chi connectivity index (χ2n) is 6.46. The summed E-state index contributed by atoms with van der Waals surface area (Å²) in [5.41, 5.74) is 6.87. The monoisotopic (exact) mass is 371 g/mol. The highest BCUT2D eigenvalue weighted by atomic mass is 32.1. The van der Waals surface area contributed by atoms with Crippen LogP contribution in [0.5, 0.6) is 5.75 Å². The first-order valence-electron chi connectivity index (χ1n) is 8.75. The zero-order valence-corrected chi connectivity index (χ0v) is 15.6. The number of hydrogen-bond donors (Lipinski definition) is 1. The average Bonchev–Trinajstić information content (AvgIpc) is 3.33. The van der Waals surface area contributed by atoms with E-state index < -0.39 is 0 Å². The fraction of sp³-hybridized carbons (Fsp3) is 0.0909. The molecule has 132 valence electrons. The van der Waals surface area contributed by atoms with Gasteiger partial charge in [0, 0.05) is 17.4 Å². The Morgan fingerprint density at radius 2 is 2.00 bits per heavy atom. The molecule has 1 aliphatic rings. The van der Waals surface area contributed by atoms with Gasteiger partial charge in [0.05, 0.1) is 23.5 Å². The Morgan fingerprint density at radius 1 is 1.04 bits per heavy atom. The van der Waals surface area contributed by atoms with Crippen LogP contribution in [0.15, 0.2) is 60.9 Å². The van der Waals surface area contributed by atoms with Gasteiger partial charge in [0.25, 0.3) is 0 Å². The van der Waals surface area contributed by atoms with E-state index in [1.165, 1.54) is 11.1 Å². The van der Waals surface area contributed by atoms with Crippen LogP contribution in [0.3, 0.4) is 0 Å². The zero-order chi connectivity index (χ0) is 18.2. The van der Waals surface area contributed by atoms with Crippen molar-refractivity contribution in [2.45, 2.75) is 6.42 Å². The van der Waals surface area contributed by atoms with Crippen LogP contribution in [-0.2, 0) is 6.42 Å². The van der Waals surface area contributed by atoms with Gasteiger partial charge in [-0.05, 0) is 53.4 Å². The second kappa shape index (κ2) is 6.52. The minimum atomic E-state index is 0.755. The zero-order valence-electron chi connectivity index (χ0n) is 14.8. The minimum Gasteiger partial charge on any atom is -0.495 e. The molecule has 0 aliphatic heterocycles. The molecular formula is C22H17N3OS. The summed E-state index contributed by atoms with van der Waals surface area (Å²) in [6.07, 6.45) is 8.93. The molecule has 0 spiro atoms. The number of fused-ring (bicyclic) bond motifs is 2. The normalized spacial score (nSPS) is 12.3. The maximum atomic E-state index is 5.28. The van der Waals surface area contributed by atoms with Crippen molar-refractivity contribution in [1.82, 2.24) is 9.97 Å². The molecule has 0 saturated heterocycles. The number of methoxy groups -OCH3 is 1. The van der Waals surface area contributed by atoms with Crippen molar-refractivity contribution in [2.75, 3.05) is 12.4 Å². The molecule has 2 aromatic heterocycles. The standard InChI is InChI=1S/C22H17N3OS/c1-26-19-10-17(12-23-13-19)16-6-8-20-21(11-16)27-22(25-20)24-18-7-5-14-3-2-4-15(14)9-18/h2-3,5-13H,4H2,1H3,(H,24,25). The first kappa shape index (κ1) is 16.0. The van der Waals surface area contributed by atoms with Gasteiger partial charge in [0.15, 0.2) is 5.13 Å². The number of nitrogens with one attached hydrogen (secondary N) is 1. The summed E-state index contributed by atoms with van der Waals surface area (Å²) in [7, 11) is 1.65. The lowest BCUT2D eigenvalue weighted by Gasteiger charge is -2.05. The molecule has 0 fully saturated rings. The first-order chi connectivity index (χ1) is 13.3. The minimum absolute atomic E-state index is 0.755. The molecule has 0 amide bonds. The quantitative estimate of drug-likeness (QED) is 0.501. The van der Waals surface area contributed by atoms with Crippen LogP contribution in [0.1, 0.15) is 11.1 Å². The third kappa shape index (κ3) is 3.06. The van der Waals surface area contributed by atoms with Crippen LogP contribution >= 0.6 is 11.3 Å². The molecule has 27 heavy (non-hydrogen) atoms. The predicted octanol–water partition coefficient (Wildman–Crippen LogP) is 5.68. The third-order valence-corrected chi connectivity index (χ3v) is 5.63.